The van der Waals surface area contributed by atoms with Crippen LogP contribution in [0, 0.1) is 0 Å². The monoisotopic (exact) mass is 220 g/mol. The van der Waals surface area contributed by atoms with Gasteiger partial charge in [-0.2, -0.15) is 0 Å². The van der Waals surface area contributed by atoms with Gasteiger partial charge in [0, 0.05) is 12.4 Å². The van der Waals surface area contributed by atoms with E-state index >= 15 is 0 Å². The van der Waals surface area contributed by atoms with Crippen LogP contribution in [0.3, 0.4) is 0 Å². The third-order valence-corrected chi connectivity index (χ3v) is 1.00. The van der Waals surface area contributed by atoms with E-state index < -0.39 is 0 Å². The summed E-state index contributed by atoms with van der Waals surface area (Å²) in [6.07, 6.45) is 6.21. The molecule has 0 rings (SSSR count). The summed E-state index contributed by atoms with van der Waals surface area (Å²) in [5.74, 6) is 0. The summed E-state index contributed by atoms with van der Waals surface area (Å²) in [6.45, 7) is 22.3. The standard InChI is InChI=1S/C10H12N2.2C2H6/c1-5-7-11-9(3)10(4)12-8-6-2;2*1-2/h5-8H,1-4H2;2*1-2H3. The minimum Gasteiger partial charge on any atom is -0.255 e. The van der Waals surface area contributed by atoms with Crippen LogP contribution in [-0.4, -0.2) is 12.4 Å². The van der Waals surface area contributed by atoms with E-state index in [1.54, 1.807) is 12.2 Å². The van der Waals surface area contributed by atoms with Crippen LogP contribution in [0.15, 0.2) is 59.8 Å². The van der Waals surface area contributed by atoms with E-state index in [1.165, 1.54) is 12.4 Å². The first-order chi connectivity index (χ1) is 7.72. The van der Waals surface area contributed by atoms with Crippen molar-refractivity contribution in [2.24, 2.45) is 9.98 Å². The van der Waals surface area contributed by atoms with Crippen molar-refractivity contribution >= 4 is 12.4 Å². The highest BCUT2D eigenvalue weighted by molar-refractivity contribution is 5.73. The lowest BCUT2D eigenvalue weighted by atomic mass is 10.4. The zero-order valence-electron chi connectivity index (χ0n) is 11.0. The Kier molecular flexibility index (Phi) is 23.5. The fourth-order valence-corrected chi connectivity index (χ4v) is 0.434. The molecule has 16 heavy (non-hydrogen) atoms. The molecule has 0 saturated carbocycles. The van der Waals surface area contributed by atoms with Gasteiger partial charge in [-0.05, 0) is 0 Å². The van der Waals surface area contributed by atoms with Crippen molar-refractivity contribution < 1.29 is 0 Å². The normalized spacial score (nSPS) is 8.50. The molecule has 0 heterocycles. The molecule has 2 heteroatoms. The molecule has 0 spiro atoms. The highest BCUT2D eigenvalue weighted by Crippen LogP contribution is 2.06. The maximum absolute atomic E-state index is 3.91. The fraction of sp³-hybridized carbons (Fsp3) is 0.286. The summed E-state index contributed by atoms with van der Waals surface area (Å²) in [7, 11) is 0. The van der Waals surface area contributed by atoms with Crippen LogP contribution in [-0.2, 0) is 0 Å². The van der Waals surface area contributed by atoms with Gasteiger partial charge in [0.15, 0.2) is 0 Å². The van der Waals surface area contributed by atoms with E-state index in [4.69, 9.17) is 0 Å². The van der Waals surface area contributed by atoms with Crippen LogP contribution in [0.25, 0.3) is 0 Å². The van der Waals surface area contributed by atoms with E-state index in [-0.39, 0.29) is 0 Å². The zero-order chi connectivity index (χ0) is 13.4. The SMILES string of the molecule is C=CC=NC(=C)C(=C)N=CC=C.CC.CC. The van der Waals surface area contributed by atoms with Gasteiger partial charge in [-0.25, -0.2) is 0 Å². The van der Waals surface area contributed by atoms with Gasteiger partial charge in [0.1, 0.15) is 0 Å². The van der Waals surface area contributed by atoms with Crippen LogP contribution in [0.4, 0.5) is 0 Å². The molecular weight excluding hydrogens is 196 g/mol. The average Bonchev–Trinajstić information content (AvgIpc) is 2.37. The quantitative estimate of drug-likeness (QED) is 0.478. The van der Waals surface area contributed by atoms with E-state index in [1.807, 2.05) is 27.7 Å². The van der Waals surface area contributed by atoms with Crippen molar-refractivity contribution in [3.63, 3.8) is 0 Å². The summed E-state index contributed by atoms with van der Waals surface area (Å²) >= 11 is 0. The Balaban J connectivity index is -0.000000376. The topological polar surface area (TPSA) is 24.7 Å². The van der Waals surface area contributed by atoms with E-state index in [0.29, 0.717) is 11.4 Å². The summed E-state index contributed by atoms with van der Waals surface area (Å²) < 4.78 is 0. The summed E-state index contributed by atoms with van der Waals surface area (Å²) in [5, 5.41) is 0. The first kappa shape index (κ1) is 19.8. The Morgan fingerprint density at radius 2 is 1.00 bits per heavy atom. The molecule has 0 unspecified atom stereocenters. The zero-order valence-corrected chi connectivity index (χ0v) is 11.0. The Hall–Kier alpha value is -1.70. The second kappa shape index (κ2) is 19.0. The maximum atomic E-state index is 3.91. The van der Waals surface area contributed by atoms with Crippen LogP contribution in [0.1, 0.15) is 27.7 Å². The molecule has 0 aliphatic carbocycles. The first-order valence-corrected chi connectivity index (χ1v) is 5.40. The second-order valence-corrected chi connectivity index (χ2v) is 1.92. The largest absolute Gasteiger partial charge is 0.255 e. The molecule has 0 aliphatic heterocycles. The minimum atomic E-state index is 0.521. The molecule has 0 N–H and O–H groups in total. The molecule has 0 aliphatic rings. The van der Waals surface area contributed by atoms with Gasteiger partial charge < -0.3 is 0 Å². The molecule has 0 radical (unpaired) electrons. The van der Waals surface area contributed by atoms with Crippen LogP contribution in [0.5, 0.6) is 0 Å². The second-order valence-electron chi connectivity index (χ2n) is 1.92. The van der Waals surface area contributed by atoms with Crippen molar-refractivity contribution in [2.45, 2.75) is 27.7 Å². The molecule has 0 atom stereocenters. The predicted octanol–water partition coefficient (Wildman–Crippen LogP) is 4.58. The molecular formula is C14H24N2. The number of hydrogen-bond donors (Lipinski definition) is 0. The fourth-order valence-electron chi connectivity index (χ4n) is 0.434. The third-order valence-electron chi connectivity index (χ3n) is 1.00. The summed E-state index contributed by atoms with van der Waals surface area (Å²) in [6, 6.07) is 0. The van der Waals surface area contributed by atoms with Crippen molar-refractivity contribution in [1.29, 1.82) is 0 Å². The summed E-state index contributed by atoms with van der Waals surface area (Å²) in [5.41, 5.74) is 1.04. The summed E-state index contributed by atoms with van der Waals surface area (Å²) in [4.78, 5) is 7.82. The molecule has 0 saturated heterocycles. The highest BCUT2D eigenvalue weighted by atomic mass is 14.8. The Morgan fingerprint density at radius 1 is 0.750 bits per heavy atom. The van der Waals surface area contributed by atoms with Gasteiger partial charge in [-0.3, -0.25) is 9.98 Å². The van der Waals surface area contributed by atoms with Gasteiger partial charge in [-0.1, -0.05) is 66.2 Å². The van der Waals surface area contributed by atoms with E-state index in [2.05, 4.69) is 36.3 Å². The van der Waals surface area contributed by atoms with Crippen LogP contribution >= 0.6 is 0 Å². The number of allylic oxidation sites excluding steroid dienone is 2. The Labute approximate surface area is 101 Å². The highest BCUT2D eigenvalue weighted by Gasteiger charge is 1.91. The minimum absolute atomic E-state index is 0.521. The van der Waals surface area contributed by atoms with Gasteiger partial charge >= 0.3 is 0 Å². The molecule has 90 valence electrons. The maximum Gasteiger partial charge on any atom is 0.0808 e. The van der Waals surface area contributed by atoms with Crippen molar-refractivity contribution in [1.82, 2.24) is 0 Å². The van der Waals surface area contributed by atoms with Crippen molar-refractivity contribution in [3.05, 3.63) is 49.9 Å². The third kappa shape index (κ3) is 14.8. The molecule has 0 amide bonds. The molecule has 0 aromatic heterocycles. The van der Waals surface area contributed by atoms with Crippen molar-refractivity contribution in [3.8, 4) is 0 Å². The number of aliphatic imine (C=N–C) groups is 2. The predicted molar refractivity (Wildman–Crippen MR) is 78.4 cm³/mol. The lowest BCUT2D eigenvalue weighted by Crippen LogP contribution is -1.79. The molecule has 0 aromatic carbocycles. The Morgan fingerprint density at radius 3 is 1.19 bits per heavy atom. The molecule has 0 fully saturated rings. The smallest absolute Gasteiger partial charge is 0.0808 e. The van der Waals surface area contributed by atoms with Gasteiger partial charge in [-0.15, -0.1) is 0 Å². The van der Waals surface area contributed by atoms with Crippen molar-refractivity contribution in [2.75, 3.05) is 0 Å². The van der Waals surface area contributed by atoms with Gasteiger partial charge in [0.2, 0.25) is 0 Å². The van der Waals surface area contributed by atoms with E-state index in [0.717, 1.165) is 0 Å². The number of rotatable bonds is 5. The van der Waals surface area contributed by atoms with Crippen LogP contribution < -0.4 is 0 Å². The van der Waals surface area contributed by atoms with E-state index in [9.17, 15) is 0 Å². The van der Waals surface area contributed by atoms with Gasteiger partial charge in [0.05, 0.1) is 11.4 Å². The lowest BCUT2D eigenvalue weighted by Gasteiger charge is -1.94. The molecule has 2 nitrogen and oxygen atoms in total. The van der Waals surface area contributed by atoms with Crippen LogP contribution in [0.2, 0.25) is 0 Å². The Bertz CT molecular complexity index is 230. The molecule has 0 aromatic rings. The number of nitrogens with zero attached hydrogens (tertiary/aromatic N) is 2. The van der Waals surface area contributed by atoms with Gasteiger partial charge in [0.25, 0.3) is 0 Å². The lowest BCUT2D eigenvalue weighted by molar-refractivity contribution is 1.28. The first-order valence-electron chi connectivity index (χ1n) is 5.40. The number of hydrogen-bond acceptors (Lipinski definition) is 2. The molecule has 0 bridgehead atoms. The average molecular weight is 220 g/mol.